The zero-order valence-electron chi connectivity index (χ0n) is 11.7. The van der Waals surface area contributed by atoms with Gasteiger partial charge in [0.1, 0.15) is 6.54 Å². The molecule has 0 atom stereocenters. The Hall–Kier alpha value is -2.09. The van der Waals surface area contributed by atoms with E-state index >= 15 is 0 Å². The van der Waals surface area contributed by atoms with Gasteiger partial charge in [-0.15, -0.1) is 0 Å². The standard InChI is InChI=1S/C13H15N3O4S/c1-9-7-10(16(18)19)3-4-11(9)14-13-15(5-6-21-13)8-12(17)20-2/h3-4,7H,5-6,8H2,1-2H3/b14-13-. The van der Waals surface area contributed by atoms with Crippen molar-refractivity contribution < 1.29 is 14.5 Å². The van der Waals surface area contributed by atoms with Gasteiger partial charge in [0.25, 0.3) is 5.69 Å². The molecule has 0 amide bonds. The number of hydrogen-bond donors (Lipinski definition) is 0. The highest BCUT2D eigenvalue weighted by atomic mass is 32.2. The molecule has 1 aromatic carbocycles. The minimum Gasteiger partial charge on any atom is -0.468 e. The number of carbonyl (C=O) groups is 1. The van der Waals surface area contributed by atoms with Gasteiger partial charge in [0.05, 0.1) is 17.7 Å². The highest BCUT2D eigenvalue weighted by Crippen LogP contribution is 2.27. The molecule has 1 aromatic rings. The normalized spacial score (nSPS) is 16.3. The molecule has 0 radical (unpaired) electrons. The first-order valence-corrected chi connectivity index (χ1v) is 7.28. The van der Waals surface area contributed by atoms with Gasteiger partial charge in [-0.3, -0.25) is 14.9 Å². The molecule has 1 aliphatic heterocycles. The van der Waals surface area contributed by atoms with E-state index < -0.39 is 4.92 Å². The molecule has 0 spiro atoms. The van der Waals surface area contributed by atoms with Crippen LogP contribution in [0.1, 0.15) is 5.56 Å². The Kier molecular flexibility index (Phi) is 4.79. The van der Waals surface area contributed by atoms with Crippen LogP contribution in [0.3, 0.4) is 0 Å². The lowest BCUT2D eigenvalue weighted by molar-refractivity contribution is -0.384. The fraction of sp³-hybridized carbons (Fsp3) is 0.385. The number of ether oxygens (including phenoxy) is 1. The summed E-state index contributed by atoms with van der Waals surface area (Å²) in [6, 6.07) is 4.54. The lowest BCUT2D eigenvalue weighted by Gasteiger charge is -2.16. The Morgan fingerprint density at radius 1 is 1.57 bits per heavy atom. The van der Waals surface area contributed by atoms with Gasteiger partial charge in [-0.25, -0.2) is 4.99 Å². The minimum absolute atomic E-state index is 0.0435. The third-order valence-electron chi connectivity index (χ3n) is 3.02. The van der Waals surface area contributed by atoms with Gasteiger partial charge in [0.2, 0.25) is 0 Å². The lowest BCUT2D eigenvalue weighted by Crippen LogP contribution is -2.31. The molecule has 1 heterocycles. The summed E-state index contributed by atoms with van der Waals surface area (Å²) in [4.78, 5) is 28.0. The van der Waals surface area contributed by atoms with Crippen LogP contribution in [0.2, 0.25) is 0 Å². The number of amidine groups is 1. The Labute approximate surface area is 126 Å². The van der Waals surface area contributed by atoms with Gasteiger partial charge in [0, 0.05) is 24.4 Å². The predicted octanol–water partition coefficient (Wildman–Crippen LogP) is 2.11. The van der Waals surface area contributed by atoms with Crippen molar-refractivity contribution in [1.82, 2.24) is 4.90 Å². The van der Waals surface area contributed by atoms with E-state index in [0.29, 0.717) is 5.69 Å². The highest BCUT2D eigenvalue weighted by molar-refractivity contribution is 8.14. The van der Waals surface area contributed by atoms with Crippen molar-refractivity contribution in [3.63, 3.8) is 0 Å². The molecule has 0 aromatic heterocycles. The van der Waals surface area contributed by atoms with Gasteiger partial charge in [-0.2, -0.15) is 0 Å². The van der Waals surface area contributed by atoms with Gasteiger partial charge in [-0.1, -0.05) is 11.8 Å². The molecule has 0 aliphatic carbocycles. The van der Waals surface area contributed by atoms with E-state index in [1.165, 1.54) is 19.2 Å². The summed E-state index contributed by atoms with van der Waals surface area (Å²) in [7, 11) is 1.35. The average Bonchev–Trinajstić information content (AvgIpc) is 2.87. The number of non-ortho nitro benzene ring substituents is 1. The molecule has 1 fully saturated rings. The van der Waals surface area contributed by atoms with E-state index in [1.54, 1.807) is 24.8 Å². The van der Waals surface area contributed by atoms with Crippen molar-refractivity contribution >= 4 is 34.3 Å². The van der Waals surface area contributed by atoms with E-state index in [4.69, 9.17) is 0 Å². The summed E-state index contributed by atoms with van der Waals surface area (Å²) in [5.41, 5.74) is 1.43. The second kappa shape index (κ2) is 6.57. The van der Waals surface area contributed by atoms with E-state index in [0.717, 1.165) is 23.0 Å². The molecule has 2 rings (SSSR count). The number of esters is 1. The molecule has 1 aliphatic rings. The van der Waals surface area contributed by atoms with Crippen molar-refractivity contribution in [1.29, 1.82) is 0 Å². The number of nitro groups is 1. The zero-order valence-corrected chi connectivity index (χ0v) is 12.6. The maximum Gasteiger partial charge on any atom is 0.325 e. The van der Waals surface area contributed by atoms with E-state index in [-0.39, 0.29) is 18.2 Å². The maximum atomic E-state index is 11.3. The van der Waals surface area contributed by atoms with Crippen molar-refractivity contribution in [2.75, 3.05) is 26.0 Å². The quantitative estimate of drug-likeness (QED) is 0.481. The fourth-order valence-electron chi connectivity index (χ4n) is 1.89. The molecule has 7 nitrogen and oxygen atoms in total. The molecular formula is C13H15N3O4S. The second-order valence-electron chi connectivity index (χ2n) is 4.47. The first kappa shape index (κ1) is 15.3. The van der Waals surface area contributed by atoms with Gasteiger partial charge in [-0.05, 0) is 18.6 Å². The summed E-state index contributed by atoms with van der Waals surface area (Å²) in [5.74, 6) is 0.535. The van der Waals surface area contributed by atoms with Gasteiger partial charge in [0.15, 0.2) is 5.17 Å². The van der Waals surface area contributed by atoms with Crippen LogP contribution >= 0.6 is 11.8 Å². The smallest absolute Gasteiger partial charge is 0.325 e. The topological polar surface area (TPSA) is 85.0 Å². The van der Waals surface area contributed by atoms with E-state index in [9.17, 15) is 14.9 Å². The third kappa shape index (κ3) is 3.72. The maximum absolute atomic E-state index is 11.3. The van der Waals surface area contributed by atoms with Crippen molar-refractivity contribution in [3.8, 4) is 0 Å². The zero-order chi connectivity index (χ0) is 15.4. The Balaban J connectivity index is 2.22. The van der Waals surface area contributed by atoms with Crippen LogP contribution in [0.15, 0.2) is 23.2 Å². The predicted molar refractivity (Wildman–Crippen MR) is 81.0 cm³/mol. The molecular weight excluding hydrogens is 294 g/mol. The molecule has 0 unspecified atom stereocenters. The first-order valence-electron chi connectivity index (χ1n) is 6.29. The number of nitro benzene ring substituents is 1. The number of aryl methyl sites for hydroxylation is 1. The van der Waals surface area contributed by atoms with Crippen LogP contribution in [-0.2, 0) is 9.53 Å². The summed E-state index contributed by atoms with van der Waals surface area (Å²) in [5, 5.41) is 11.5. The van der Waals surface area contributed by atoms with Crippen LogP contribution in [0.4, 0.5) is 11.4 Å². The summed E-state index contributed by atoms with van der Waals surface area (Å²) < 4.78 is 4.66. The van der Waals surface area contributed by atoms with Crippen molar-refractivity contribution in [2.24, 2.45) is 4.99 Å². The number of aliphatic imine (C=N–C) groups is 1. The molecule has 0 bridgehead atoms. The number of thioether (sulfide) groups is 1. The van der Waals surface area contributed by atoms with E-state index in [1.807, 2.05) is 4.90 Å². The van der Waals surface area contributed by atoms with Crippen LogP contribution in [0.25, 0.3) is 0 Å². The minimum atomic E-state index is -0.433. The van der Waals surface area contributed by atoms with Crippen LogP contribution in [0.5, 0.6) is 0 Å². The summed E-state index contributed by atoms with van der Waals surface area (Å²) in [6.45, 7) is 2.66. The largest absolute Gasteiger partial charge is 0.468 e. The number of benzene rings is 1. The third-order valence-corrected chi connectivity index (χ3v) is 4.01. The average molecular weight is 309 g/mol. The second-order valence-corrected chi connectivity index (χ2v) is 5.53. The van der Waals surface area contributed by atoms with Crippen molar-refractivity contribution in [2.45, 2.75) is 6.92 Å². The molecule has 0 saturated carbocycles. The molecule has 0 N–H and O–H groups in total. The lowest BCUT2D eigenvalue weighted by atomic mass is 10.2. The summed E-state index contributed by atoms with van der Waals surface area (Å²) >= 11 is 1.55. The molecule has 112 valence electrons. The summed E-state index contributed by atoms with van der Waals surface area (Å²) in [6.07, 6.45) is 0. The SMILES string of the molecule is COC(=O)CN1CCS/C1=N\c1ccc([N+](=O)[O-])cc1C. The highest BCUT2D eigenvalue weighted by Gasteiger charge is 2.22. The van der Waals surface area contributed by atoms with Crippen LogP contribution in [-0.4, -0.2) is 46.9 Å². The fourth-order valence-corrected chi connectivity index (χ4v) is 2.88. The number of hydrogen-bond acceptors (Lipinski definition) is 6. The Bertz CT molecular complexity index is 603. The van der Waals surface area contributed by atoms with Crippen LogP contribution < -0.4 is 0 Å². The Morgan fingerprint density at radius 2 is 2.33 bits per heavy atom. The molecule has 21 heavy (non-hydrogen) atoms. The Morgan fingerprint density at radius 3 is 2.95 bits per heavy atom. The number of methoxy groups -OCH3 is 1. The number of carbonyl (C=O) groups excluding carboxylic acids is 1. The number of nitrogens with zero attached hydrogens (tertiary/aromatic N) is 3. The molecule has 1 saturated heterocycles. The monoisotopic (exact) mass is 309 g/mol. The van der Waals surface area contributed by atoms with Crippen molar-refractivity contribution in [3.05, 3.63) is 33.9 Å². The van der Waals surface area contributed by atoms with Crippen LogP contribution in [0, 0.1) is 17.0 Å². The first-order chi connectivity index (χ1) is 10.0. The van der Waals surface area contributed by atoms with Gasteiger partial charge >= 0.3 is 5.97 Å². The van der Waals surface area contributed by atoms with Gasteiger partial charge < -0.3 is 9.64 Å². The van der Waals surface area contributed by atoms with E-state index in [2.05, 4.69) is 9.73 Å². The molecule has 8 heteroatoms. The number of rotatable bonds is 4.